The van der Waals surface area contributed by atoms with Crippen LogP contribution in [0.2, 0.25) is 5.22 Å². The van der Waals surface area contributed by atoms with Gasteiger partial charge in [0.05, 0.1) is 6.26 Å². The molecule has 1 aromatic heterocycles. The summed E-state index contributed by atoms with van der Waals surface area (Å²) in [6.45, 7) is 0. The van der Waals surface area contributed by atoms with Crippen LogP contribution in [0.5, 0.6) is 0 Å². The first-order valence-corrected chi connectivity index (χ1v) is 7.09. The Hall–Kier alpha value is -0.470. The molecule has 0 radical (unpaired) electrons. The minimum absolute atomic E-state index is 0.336. The summed E-state index contributed by atoms with van der Waals surface area (Å²) in [4.78, 5) is 0. The maximum atomic E-state index is 6.03. The number of rotatable bonds is 5. The highest BCUT2D eigenvalue weighted by molar-refractivity contribution is 6.29. The van der Waals surface area contributed by atoms with Crippen LogP contribution in [0.1, 0.15) is 56.6 Å². The Morgan fingerprint density at radius 3 is 2.76 bits per heavy atom. The van der Waals surface area contributed by atoms with Crippen LogP contribution in [-0.4, -0.2) is 7.05 Å². The van der Waals surface area contributed by atoms with E-state index in [-0.39, 0.29) is 0 Å². The number of hydrogen-bond donors (Lipinski definition) is 1. The molecule has 2 rings (SSSR count). The van der Waals surface area contributed by atoms with Crippen LogP contribution in [0, 0.1) is 5.92 Å². The summed E-state index contributed by atoms with van der Waals surface area (Å²) in [5.74, 6) is 0.922. The third kappa shape index (κ3) is 3.49. The van der Waals surface area contributed by atoms with E-state index in [2.05, 4.69) is 5.32 Å². The predicted octanol–water partition coefficient (Wildman–Crippen LogP) is 4.55. The molecule has 0 amide bonds. The highest BCUT2D eigenvalue weighted by Crippen LogP contribution is 2.32. The van der Waals surface area contributed by atoms with Gasteiger partial charge in [0.2, 0.25) is 0 Å². The summed E-state index contributed by atoms with van der Waals surface area (Å²) in [5, 5.41) is 3.88. The summed E-state index contributed by atoms with van der Waals surface area (Å²) < 4.78 is 5.16. The number of furan rings is 1. The van der Waals surface area contributed by atoms with E-state index < -0.39 is 0 Å². The van der Waals surface area contributed by atoms with Gasteiger partial charge in [0.25, 0.3) is 0 Å². The first-order chi connectivity index (χ1) is 8.31. The first-order valence-electron chi connectivity index (χ1n) is 6.71. The van der Waals surface area contributed by atoms with Gasteiger partial charge in [-0.2, -0.15) is 0 Å². The van der Waals surface area contributed by atoms with E-state index in [1.165, 1.54) is 38.5 Å². The fourth-order valence-corrected chi connectivity index (χ4v) is 3.13. The molecule has 0 bridgehead atoms. The van der Waals surface area contributed by atoms with Crippen molar-refractivity contribution in [1.82, 2.24) is 5.32 Å². The molecule has 1 N–H and O–H groups in total. The molecule has 1 unspecified atom stereocenters. The minimum atomic E-state index is 0.336. The van der Waals surface area contributed by atoms with Crippen LogP contribution in [0.25, 0.3) is 0 Å². The van der Waals surface area contributed by atoms with E-state index in [9.17, 15) is 0 Å². The van der Waals surface area contributed by atoms with E-state index in [0.717, 1.165) is 17.9 Å². The quantitative estimate of drug-likeness (QED) is 0.835. The normalized spacial score (nSPS) is 19.4. The second-order valence-electron chi connectivity index (χ2n) is 5.07. The highest BCUT2D eigenvalue weighted by atomic mass is 35.5. The third-order valence-electron chi connectivity index (χ3n) is 3.96. The van der Waals surface area contributed by atoms with Gasteiger partial charge in [-0.3, -0.25) is 0 Å². The molecular formula is C14H22ClNO. The van der Waals surface area contributed by atoms with Crippen molar-refractivity contribution in [3.8, 4) is 0 Å². The van der Waals surface area contributed by atoms with Gasteiger partial charge in [0.15, 0.2) is 5.22 Å². The molecule has 96 valence electrons. The van der Waals surface area contributed by atoms with Crippen LogP contribution in [0.4, 0.5) is 0 Å². The monoisotopic (exact) mass is 255 g/mol. The standard InChI is InChI=1S/C14H22ClNO/c1-16-13(12-9-10-17-14(12)15)8-7-11-5-3-2-4-6-11/h9-11,13,16H,2-8H2,1H3. The Kier molecular flexibility index (Phi) is 4.93. The highest BCUT2D eigenvalue weighted by Gasteiger charge is 2.19. The molecule has 0 spiro atoms. The van der Waals surface area contributed by atoms with Crippen molar-refractivity contribution in [2.45, 2.75) is 51.0 Å². The lowest BCUT2D eigenvalue weighted by Crippen LogP contribution is -2.18. The Balaban J connectivity index is 1.85. The van der Waals surface area contributed by atoms with Crippen molar-refractivity contribution in [1.29, 1.82) is 0 Å². The smallest absolute Gasteiger partial charge is 0.197 e. The summed E-state index contributed by atoms with van der Waals surface area (Å²) >= 11 is 6.03. The van der Waals surface area contributed by atoms with Crippen molar-refractivity contribution in [2.24, 2.45) is 5.92 Å². The Morgan fingerprint density at radius 2 is 2.18 bits per heavy atom. The molecule has 17 heavy (non-hydrogen) atoms. The van der Waals surface area contributed by atoms with E-state index >= 15 is 0 Å². The molecule has 1 atom stereocenters. The fourth-order valence-electron chi connectivity index (χ4n) is 2.89. The number of hydrogen-bond acceptors (Lipinski definition) is 2. The summed E-state index contributed by atoms with van der Waals surface area (Å²) in [6, 6.07) is 2.31. The van der Waals surface area contributed by atoms with Gasteiger partial charge >= 0.3 is 0 Å². The van der Waals surface area contributed by atoms with Crippen molar-refractivity contribution in [2.75, 3.05) is 7.05 Å². The molecule has 2 nitrogen and oxygen atoms in total. The minimum Gasteiger partial charge on any atom is -0.453 e. The summed E-state index contributed by atoms with van der Waals surface area (Å²) in [7, 11) is 1.99. The van der Waals surface area contributed by atoms with Crippen molar-refractivity contribution in [3.63, 3.8) is 0 Å². The van der Waals surface area contributed by atoms with Gasteiger partial charge in [-0.1, -0.05) is 32.1 Å². The third-order valence-corrected chi connectivity index (χ3v) is 4.27. The van der Waals surface area contributed by atoms with E-state index in [0.29, 0.717) is 11.3 Å². The Labute approximate surface area is 109 Å². The molecule has 0 aromatic carbocycles. The van der Waals surface area contributed by atoms with Crippen LogP contribution >= 0.6 is 11.6 Å². The number of nitrogens with one attached hydrogen (secondary N) is 1. The van der Waals surface area contributed by atoms with Crippen LogP contribution in [0.15, 0.2) is 16.7 Å². The maximum absolute atomic E-state index is 6.03. The van der Waals surface area contributed by atoms with Crippen molar-refractivity contribution < 1.29 is 4.42 Å². The molecule has 1 fully saturated rings. The van der Waals surface area contributed by atoms with Gasteiger partial charge in [-0.15, -0.1) is 0 Å². The SMILES string of the molecule is CNC(CCC1CCCCC1)c1ccoc1Cl. The van der Waals surface area contributed by atoms with Crippen molar-refractivity contribution >= 4 is 11.6 Å². The molecule has 1 aliphatic rings. The van der Waals surface area contributed by atoms with Crippen LogP contribution < -0.4 is 5.32 Å². The van der Waals surface area contributed by atoms with E-state index in [4.69, 9.17) is 16.0 Å². The summed E-state index contributed by atoms with van der Waals surface area (Å²) in [5.41, 5.74) is 1.10. The molecular weight excluding hydrogens is 234 g/mol. The molecule has 1 aliphatic carbocycles. The fraction of sp³-hybridized carbons (Fsp3) is 0.714. The average molecular weight is 256 g/mol. The largest absolute Gasteiger partial charge is 0.453 e. The van der Waals surface area contributed by atoms with Gasteiger partial charge in [0.1, 0.15) is 0 Å². The zero-order valence-corrected chi connectivity index (χ0v) is 11.3. The Bertz CT molecular complexity index is 331. The zero-order valence-electron chi connectivity index (χ0n) is 10.5. The van der Waals surface area contributed by atoms with Gasteiger partial charge in [-0.25, -0.2) is 0 Å². The lowest BCUT2D eigenvalue weighted by molar-refractivity contribution is 0.317. The first kappa shape index (κ1) is 13.0. The van der Waals surface area contributed by atoms with E-state index in [1.807, 2.05) is 13.1 Å². The topological polar surface area (TPSA) is 25.2 Å². The predicted molar refractivity (Wildman–Crippen MR) is 71.3 cm³/mol. The van der Waals surface area contributed by atoms with Crippen LogP contribution in [0.3, 0.4) is 0 Å². The van der Waals surface area contributed by atoms with E-state index in [1.54, 1.807) is 6.26 Å². The molecule has 1 aromatic rings. The lowest BCUT2D eigenvalue weighted by Gasteiger charge is -2.23. The maximum Gasteiger partial charge on any atom is 0.197 e. The molecule has 0 saturated heterocycles. The van der Waals surface area contributed by atoms with Gasteiger partial charge < -0.3 is 9.73 Å². The molecule has 0 aliphatic heterocycles. The average Bonchev–Trinajstić information content (AvgIpc) is 2.78. The molecule has 3 heteroatoms. The zero-order chi connectivity index (χ0) is 12.1. The lowest BCUT2D eigenvalue weighted by atomic mass is 9.84. The molecule has 1 heterocycles. The Morgan fingerprint density at radius 1 is 1.41 bits per heavy atom. The van der Waals surface area contributed by atoms with Crippen molar-refractivity contribution in [3.05, 3.63) is 23.1 Å². The van der Waals surface area contributed by atoms with Gasteiger partial charge in [0, 0.05) is 11.6 Å². The number of halogens is 1. The summed E-state index contributed by atoms with van der Waals surface area (Å²) in [6.07, 6.45) is 11.2. The molecule has 1 saturated carbocycles. The second kappa shape index (κ2) is 6.46. The second-order valence-corrected chi connectivity index (χ2v) is 5.42. The van der Waals surface area contributed by atoms with Crippen LogP contribution in [-0.2, 0) is 0 Å². The van der Waals surface area contributed by atoms with Gasteiger partial charge in [-0.05, 0) is 43.5 Å².